The third-order valence-electron chi connectivity index (χ3n) is 5.08. The summed E-state index contributed by atoms with van der Waals surface area (Å²) in [7, 11) is 0. The number of rotatable bonds is 6. The average Bonchev–Trinajstić information content (AvgIpc) is 3.25. The first-order chi connectivity index (χ1) is 12.1. The third-order valence-corrected chi connectivity index (χ3v) is 5.08. The van der Waals surface area contributed by atoms with Gasteiger partial charge in [-0.3, -0.25) is 4.79 Å². The molecule has 5 heteroatoms. The zero-order chi connectivity index (χ0) is 17.8. The van der Waals surface area contributed by atoms with Gasteiger partial charge < -0.3 is 9.47 Å². The summed E-state index contributed by atoms with van der Waals surface area (Å²) in [5.74, 6) is 1.50. The molecule has 25 heavy (non-hydrogen) atoms. The Hall–Kier alpha value is -2.17. The van der Waals surface area contributed by atoms with Crippen molar-refractivity contribution in [1.29, 1.82) is 0 Å². The molecule has 134 valence electrons. The highest BCUT2D eigenvalue weighted by molar-refractivity contribution is 5.76. The molecule has 2 heterocycles. The number of imidazole rings is 1. The Morgan fingerprint density at radius 3 is 3.00 bits per heavy atom. The monoisotopic (exact) mass is 343 g/mol. The normalized spacial score (nSPS) is 17.2. The summed E-state index contributed by atoms with van der Waals surface area (Å²) >= 11 is 0. The summed E-state index contributed by atoms with van der Waals surface area (Å²) in [5.41, 5.74) is 1.70. The maximum atomic E-state index is 13.7. The van der Waals surface area contributed by atoms with Crippen molar-refractivity contribution in [1.82, 2.24) is 14.5 Å². The Kier molecular flexibility index (Phi) is 5.51. The van der Waals surface area contributed by atoms with Gasteiger partial charge in [-0.2, -0.15) is 0 Å². The molecule has 1 aromatic heterocycles. The van der Waals surface area contributed by atoms with Gasteiger partial charge in [-0.25, -0.2) is 9.37 Å². The van der Waals surface area contributed by atoms with E-state index >= 15 is 0 Å². The molecule has 0 N–H and O–H groups in total. The van der Waals surface area contributed by atoms with Gasteiger partial charge >= 0.3 is 0 Å². The van der Waals surface area contributed by atoms with E-state index in [9.17, 15) is 9.18 Å². The molecule has 0 radical (unpaired) electrons. The fourth-order valence-corrected chi connectivity index (χ4v) is 3.55. The highest BCUT2D eigenvalue weighted by atomic mass is 19.1. The fourth-order valence-electron chi connectivity index (χ4n) is 3.55. The zero-order valence-corrected chi connectivity index (χ0v) is 15.0. The van der Waals surface area contributed by atoms with Gasteiger partial charge in [0.05, 0.1) is 0 Å². The molecule has 1 aromatic carbocycles. The molecule has 2 aromatic rings. The highest BCUT2D eigenvalue weighted by Crippen LogP contribution is 2.22. The molecule has 1 amide bonds. The number of benzene rings is 1. The Morgan fingerprint density at radius 2 is 2.24 bits per heavy atom. The van der Waals surface area contributed by atoms with Gasteiger partial charge in [0.15, 0.2) is 0 Å². The van der Waals surface area contributed by atoms with Crippen LogP contribution in [-0.4, -0.2) is 33.4 Å². The van der Waals surface area contributed by atoms with Crippen LogP contribution in [0.25, 0.3) is 0 Å². The van der Waals surface area contributed by atoms with Crippen molar-refractivity contribution in [2.75, 3.05) is 13.1 Å². The van der Waals surface area contributed by atoms with E-state index in [1.54, 1.807) is 19.2 Å². The van der Waals surface area contributed by atoms with Crippen LogP contribution in [0.5, 0.6) is 0 Å². The molecule has 4 nitrogen and oxygen atoms in total. The number of nitrogens with zero attached hydrogens (tertiary/aromatic N) is 3. The summed E-state index contributed by atoms with van der Waals surface area (Å²) < 4.78 is 15.7. The van der Waals surface area contributed by atoms with Gasteiger partial charge in [0, 0.05) is 44.9 Å². The Labute approximate surface area is 148 Å². The lowest BCUT2D eigenvalue weighted by Gasteiger charge is -2.17. The minimum atomic E-state index is -0.143. The number of likely N-dealkylation sites (tertiary alicyclic amines) is 1. The fraction of sp³-hybridized carbons (Fsp3) is 0.500. The van der Waals surface area contributed by atoms with Crippen LogP contribution < -0.4 is 0 Å². The van der Waals surface area contributed by atoms with Crippen LogP contribution in [-0.2, 0) is 24.2 Å². The first-order valence-corrected chi connectivity index (χ1v) is 9.09. The molecular formula is C20H26FN3O. The van der Waals surface area contributed by atoms with E-state index < -0.39 is 0 Å². The second kappa shape index (κ2) is 7.81. The topological polar surface area (TPSA) is 38.1 Å². The molecule has 3 rings (SSSR count). The standard InChI is InChI=1S/C20H26FN3O/c1-3-19-22-8-11-23(19)10-7-20(25)24-9-6-17(14-24)12-16-5-4-15(2)18(21)13-16/h4-5,8,11,13,17H,3,6-7,9-10,12,14H2,1-2H3. The predicted molar refractivity (Wildman–Crippen MR) is 95.8 cm³/mol. The minimum Gasteiger partial charge on any atom is -0.342 e. The van der Waals surface area contributed by atoms with Crippen molar-refractivity contribution >= 4 is 5.91 Å². The van der Waals surface area contributed by atoms with Gasteiger partial charge in [0.25, 0.3) is 0 Å². The van der Waals surface area contributed by atoms with E-state index in [2.05, 4.69) is 16.5 Å². The van der Waals surface area contributed by atoms with Crippen molar-refractivity contribution in [3.05, 3.63) is 53.4 Å². The number of aryl methyl sites for hydroxylation is 3. The maximum Gasteiger partial charge on any atom is 0.224 e. The largest absolute Gasteiger partial charge is 0.342 e. The molecule has 1 aliphatic rings. The summed E-state index contributed by atoms with van der Waals surface area (Å²) in [6.07, 6.45) is 6.94. The van der Waals surface area contributed by atoms with E-state index in [1.807, 2.05) is 23.2 Å². The Morgan fingerprint density at radius 1 is 1.40 bits per heavy atom. The number of amides is 1. The van der Waals surface area contributed by atoms with Crippen LogP contribution >= 0.6 is 0 Å². The SMILES string of the molecule is CCc1nccn1CCC(=O)N1CCC(Cc2ccc(C)c(F)c2)C1. The first kappa shape index (κ1) is 17.6. The average molecular weight is 343 g/mol. The molecule has 0 aliphatic carbocycles. The van der Waals surface area contributed by atoms with E-state index in [0.29, 0.717) is 24.4 Å². The Balaban J connectivity index is 1.50. The molecule has 1 unspecified atom stereocenters. The van der Waals surface area contributed by atoms with Crippen LogP contribution in [0.4, 0.5) is 4.39 Å². The lowest BCUT2D eigenvalue weighted by atomic mass is 9.98. The van der Waals surface area contributed by atoms with Crippen molar-refractivity contribution in [2.24, 2.45) is 5.92 Å². The molecule has 1 fully saturated rings. The quantitative estimate of drug-likeness (QED) is 0.806. The second-order valence-electron chi connectivity index (χ2n) is 6.92. The van der Waals surface area contributed by atoms with Gasteiger partial charge in [-0.05, 0) is 42.9 Å². The van der Waals surface area contributed by atoms with Crippen LogP contribution in [0.1, 0.15) is 36.7 Å². The molecule has 0 bridgehead atoms. The molecule has 1 atom stereocenters. The van der Waals surface area contributed by atoms with Crippen molar-refractivity contribution in [2.45, 2.75) is 46.1 Å². The number of carbonyl (C=O) groups is 1. The minimum absolute atomic E-state index is 0.143. The number of hydrogen-bond acceptors (Lipinski definition) is 2. The van der Waals surface area contributed by atoms with Crippen molar-refractivity contribution in [3.63, 3.8) is 0 Å². The van der Waals surface area contributed by atoms with E-state index in [4.69, 9.17) is 0 Å². The van der Waals surface area contributed by atoms with Gasteiger partial charge in [-0.15, -0.1) is 0 Å². The lowest BCUT2D eigenvalue weighted by molar-refractivity contribution is -0.130. The molecular weight excluding hydrogens is 317 g/mol. The molecule has 0 spiro atoms. The lowest BCUT2D eigenvalue weighted by Crippen LogP contribution is -2.29. The van der Waals surface area contributed by atoms with Gasteiger partial charge in [0.1, 0.15) is 11.6 Å². The van der Waals surface area contributed by atoms with Crippen LogP contribution in [0.2, 0.25) is 0 Å². The summed E-state index contributed by atoms with van der Waals surface area (Å²) in [6.45, 7) is 6.12. The van der Waals surface area contributed by atoms with Crippen LogP contribution in [0, 0.1) is 18.7 Å². The first-order valence-electron chi connectivity index (χ1n) is 9.09. The van der Waals surface area contributed by atoms with E-state index in [0.717, 1.165) is 43.7 Å². The molecule has 1 aliphatic heterocycles. The van der Waals surface area contributed by atoms with E-state index in [-0.39, 0.29) is 11.7 Å². The smallest absolute Gasteiger partial charge is 0.224 e. The second-order valence-corrected chi connectivity index (χ2v) is 6.92. The summed E-state index contributed by atoms with van der Waals surface area (Å²) in [5, 5.41) is 0. The van der Waals surface area contributed by atoms with Crippen molar-refractivity contribution in [3.8, 4) is 0 Å². The van der Waals surface area contributed by atoms with Crippen molar-refractivity contribution < 1.29 is 9.18 Å². The Bertz CT molecular complexity index is 740. The summed E-state index contributed by atoms with van der Waals surface area (Å²) in [6, 6.07) is 5.46. The molecule has 0 saturated carbocycles. The van der Waals surface area contributed by atoms with Gasteiger partial charge in [0.2, 0.25) is 5.91 Å². The number of hydrogen-bond donors (Lipinski definition) is 0. The maximum absolute atomic E-state index is 13.7. The van der Waals surface area contributed by atoms with Crippen LogP contribution in [0.15, 0.2) is 30.6 Å². The number of carbonyl (C=O) groups excluding carboxylic acids is 1. The molecule has 1 saturated heterocycles. The third kappa shape index (κ3) is 4.27. The van der Waals surface area contributed by atoms with Crippen LogP contribution in [0.3, 0.4) is 0 Å². The number of halogens is 1. The highest BCUT2D eigenvalue weighted by Gasteiger charge is 2.26. The van der Waals surface area contributed by atoms with Gasteiger partial charge in [-0.1, -0.05) is 19.1 Å². The zero-order valence-electron chi connectivity index (χ0n) is 15.0. The number of aromatic nitrogens is 2. The predicted octanol–water partition coefficient (Wildman–Crippen LogP) is 3.37. The summed E-state index contributed by atoms with van der Waals surface area (Å²) in [4.78, 5) is 18.7. The van der Waals surface area contributed by atoms with E-state index in [1.165, 1.54) is 0 Å².